The molecular weight excluding hydrogens is 240 g/mol. The summed E-state index contributed by atoms with van der Waals surface area (Å²) < 4.78 is 5.24. The van der Waals surface area contributed by atoms with E-state index in [0.717, 1.165) is 39.1 Å². The Balaban J connectivity index is 1.41. The number of amides is 1. The van der Waals surface area contributed by atoms with Crippen LogP contribution in [0.4, 0.5) is 0 Å². The number of nitrogens with zero attached hydrogens (tertiary/aromatic N) is 1. The zero-order valence-electron chi connectivity index (χ0n) is 11.8. The summed E-state index contributed by atoms with van der Waals surface area (Å²) in [6.45, 7) is 3.91. The summed E-state index contributed by atoms with van der Waals surface area (Å²) in [5, 5.41) is 3.28. The molecular formula is C15H26N2O2. The molecule has 3 fully saturated rings. The van der Waals surface area contributed by atoms with Gasteiger partial charge in [0.25, 0.3) is 0 Å². The lowest BCUT2D eigenvalue weighted by Gasteiger charge is -2.41. The molecule has 3 rings (SSSR count). The van der Waals surface area contributed by atoms with Crippen LogP contribution in [0.1, 0.15) is 44.9 Å². The van der Waals surface area contributed by atoms with Crippen LogP contribution in [-0.4, -0.2) is 49.2 Å². The first-order valence-corrected chi connectivity index (χ1v) is 7.95. The molecule has 1 aliphatic carbocycles. The highest BCUT2D eigenvalue weighted by Gasteiger charge is 2.32. The van der Waals surface area contributed by atoms with E-state index in [9.17, 15) is 4.79 Å². The van der Waals surface area contributed by atoms with Crippen LogP contribution in [0, 0.1) is 5.92 Å². The Bertz CT molecular complexity index is 303. The summed E-state index contributed by atoms with van der Waals surface area (Å²) in [6.07, 6.45) is 8.32. The van der Waals surface area contributed by atoms with Gasteiger partial charge >= 0.3 is 0 Å². The molecule has 1 amide bonds. The van der Waals surface area contributed by atoms with Gasteiger partial charge in [-0.25, -0.2) is 0 Å². The maximum absolute atomic E-state index is 12.3. The number of piperidine rings is 1. The lowest BCUT2D eigenvalue weighted by Crippen LogP contribution is -2.53. The van der Waals surface area contributed by atoms with Crippen LogP contribution in [0.25, 0.3) is 0 Å². The minimum absolute atomic E-state index is 0.249. The number of ether oxygens (including phenoxy) is 1. The van der Waals surface area contributed by atoms with Gasteiger partial charge in [-0.05, 0) is 38.8 Å². The molecule has 1 N–H and O–H groups in total. The summed E-state index contributed by atoms with van der Waals surface area (Å²) >= 11 is 0. The quantitative estimate of drug-likeness (QED) is 0.842. The number of nitrogens with one attached hydrogen (secondary N) is 1. The van der Waals surface area contributed by atoms with Gasteiger partial charge in [0.05, 0.1) is 19.3 Å². The molecule has 2 saturated heterocycles. The Hall–Kier alpha value is -0.610. The van der Waals surface area contributed by atoms with Gasteiger partial charge in [-0.15, -0.1) is 0 Å². The summed E-state index contributed by atoms with van der Waals surface area (Å²) in [5.74, 6) is 0.565. The van der Waals surface area contributed by atoms with Crippen LogP contribution >= 0.6 is 0 Å². The molecule has 0 aromatic carbocycles. The molecule has 0 spiro atoms. The molecule has 2 aliphatic heterocycles. The van der Waals surface area contributed by atoms with Crippen LogP contribution in [0.2, 0.25) is 0 Å². The average Bonchev–Trinajstić information content (AvgIpc) is 2.39. The number of carbonyl (C=O) groups is 1. The Labute approximate surface area is 115 Å². The molecule has 0 aromatic heterocycles. The first-order chi connectivity index (χ1) is 9.33. The third kappa shape index (κ3) is 3.29. The normalized spacial score (nSPS) is 28.0. The Kier molecular flexibility index (Phi) is 4.38. The van der Waals surface area contributed by atoms with Crippen molar-refractivity contribution in [3.8, 4) is 0 Å². The van der Waals surface area contributed by atoms with Gasteiger partial charge in [-0.1, -0.05) is 19.3 Å². The van der Waals surface area contributed by atoms with Crippen molar-refractivity contribution in [2.45, 2.75) is 57.0 Å². The number of carbonyl (C=O) groups excluding carboxylic acids is 1. The van der Waals surface area contributed by atoms with Crippen molar-refractivity contribution in [2.75, 3.05) is 26.3 Å². The maximum Gasteiger partial charge on any atom is 0.223 e. The van der Waals surface area contributed by atoms with Crippen LogP contribution in [0.5, 0.6) is 0 Å². The van der Waals surface area contributed by atoms with Crippen molar-refractivity contribution in [1.29, 1.82) is 0 Å². The highest BCUT2D eigenvalue weighted by molar-refractivity contribution is 5.79. The topological polar surface area (TPSA) is 41.6 Å². The molecule has 0 unspecified atom stereocenters. The number of hydrogen-bond donors (Lipinski definition) is 1. The van der Waals surface area contributed by atoms with E-state index in [4.69, 9.17) is 4.74 Å². The molecule has 4 nitrogen and oxygen atoms in total. The van der Waals surface area contributed by atoms with E-state index >= 15 is 0 Å². The molecule has 0 bridgehead atoms. The summed E-state index contributed by atoms with van der Waals surface area (Å²) in [5.41, 5.74) is 0. The van der Waals surface area contributed by atoms with Crippen LogP contribution < -0.4 is 5.32 Å². The number of likely N-dealkylation sites (tertiary alicyclic amines) is 1. The second-order valence-corrected chi connectivity index (χ2v) is 6.35. The monoisotopic (exact) mass is 266 g/mol. The first-order valence-electron chi connectivity index (χ1n) is 7.95. The number of rotatable bonds is 3. The van der Waals surface area contributed by atoms with Crippen molar-refractivity contribution in [3.63, 3.8) is 0 Å². The zero-order valence-corrected chi connectivity index (χ0v) is 11.8. The van der Waals surface area contributed by atoms with Crippen LogP contribution in [0.3, 0.4) is 0 Å². The Morgan fingerprint density at radius 3 is 2.26 bits per heavy atom. The Morgan fingerprint density at radius 2 is 1.68 bits per heavy atom. The highest BCUT2D eigenvalue weighted by atomic mass is 16.5. The molecule has 108 valence electrons. The molecule has 0 radical (unpaired) electrons. The summed E-state index contributed by atoms with van der Waals surface area (Å²) in [7, 11) is 0. The lowest BCUT2D eigenvalue weighted by molar-refractivity contribution is -0.129. The van der Waals surface area contributed by atoms with E-state index in [-0.39, 0.29) is 5.92 Å². The molecule has 19 heavy (non-hydrogen) atoms. The van der Waals surface area contributed by atoms with Gasteiger partial charge in [-0.2, -0.15) is 0 Å². The Morgan fingerprint density at radius 1 is 1.00 bits per heavy atom. The van der Waals surface area contributed by atoms with Gasteiger partial charge in [0.1, 0.15) is 0 Å². The lowest BCUT2D eigenvalue weighted by atomic mass is 9.92. The average molecular weight is 266 g/mol. The highest BCUT2D eigenvalue weighted by Crippen LogP contribution is 2.23. The van der Waals surface area contributed by atoms with Gasteiger partial charge in [0, 0.05) is 12.0 Å². The van der Waals surface area contributed by atoms with Crippen LogP contribution in [-0.2, 0) is 9.53 Å². The van der Waals surface area contributed by atoms with Crippen LogP contribution in [0.15, 0.2) is 0 Å². The molecule has 1 saturated carbocycles. The van der Waals surface area contributed by atoms with Crippen molar-refractivity contribution in [1.82, 2.24) is 10.2 Å². The fraction of sp³-hybridized carbons (Fsp3) is 0.933. The first kappa shape index (κ1) is 13.4. The molecule has 0 aromatic rings. The third-order valence-corrected chi connectivity index (χ3v) is 4.99. The van der Waals surface area contributed by atoms with E-state index in [1.807, 2.05) is 0 Å². The summed E-state index contributed by atoms with van der Waals surface area (Å²) in [6, 6.07) is 1.08. The third-order valence-electron chi connectivity index (χ3n) is 4.99. The molecule has 3 aliphatic rings. The van der Waals surface area contributed by atoms with E-state index < -0.39 is 0 Å². The van der Waals surface area contributed by atoms with Gasteiger partial charge < -0.3 is 10.1 Å². The molecule has 0 atom stereocenters. The summed E-state index contributed by atoms with van der Waals surface area (Å²) in [4.78, 5) is 14.8. The SMILES string of the molecule is O=C(NC1CCCCC1)C1CCN(C2COC2)CC1. The van der Waals surface area contributed by atoms with Gasteiger partial charge in [0.2, 0.25) is 5.91 Å². The van der Waals surface area contributed by atoms with E-state index in [1.165, 1.54) is 32.1 Å². The minimum atomic E-state index is 0.249. The van der Waals surface area contributed by atoms with E-state index in [1.54, 1.807) is 0 Å². The predicted octanol–water partition coefficient (Wildman–Crippen LogP) is 1.55. The molecule has 2 heterocycles. The van der Waals surface area contributed by atoms with Gasteiger partial charge in [0.15, 0.2) is 0 Å². The van der Waals surface area contributed by atoms with Crippen molar-refractivity contribution < 1.29 is 9.53 Å². The largest absolute Gasteiger partial charge is 0.378 e. The van der Waals surface area contributed by atoms with Crippen molar-refractivity contribution in [2.24, 2.45) is 5.92 Å². The fourth-order valence-electron chi connectivity index (χ4n) is 3.53. The standard InChI is InChI=1S/C15H26N2O2/c18-15(16-13-4-2-1-3-5-13)12-6-8-17(9-7-12)14-10-19-11-14/h12-14H,1-11H2,(H,16,18). The fourth-order valence-corrected chi connectivity index (χ4v) is 3.53. The smallest absolute Gasteiger partial charge is 0.223 e. The minimum Gasteiger partial charge on any atom is -0.378 e. The molecule has 4 heteroatoms. The second kappa shape index (κ2) is 6.23. The number of hydrogen-bond acceptors (Lipinski definition) is 3. The predicted molar refractivity (Wildman–Crippen MR) is 73.9 cm³/mol. The zero-order chi connectivity index (χ0) is 13.1. The van der Waals surface area contributed by atoms with Crippen molar-refractivity contribution >= 4 is 5.91 Å². The van der Waals surface area contributed by atoms with E-state index in [0.29, 0.717) is 18.0 Å². The van der Waals surface area contributed by atoms with Crippen molar-refractivity contribution in [3.05, 3.63) is 0 Å². The maximum atomic E-state index is 12.3. The van der Waals surface area contributed by atoms with Gasteiger partial charge in [-0.3, -0.25) is 9.69 Å². The van der Waals surface area contributed by atoms with E-state index in [2.05, 4.69) is 10.2 Å². The second-order valence-electron chi connectivity index (χ2n) is 6.35.